The van der Waals surface area contributed by atoms with E-state index < -0.39 is 6.10 Å². The van der Waals surface area contributed by atoms with Crippen molar-refractivity contribution in [2.45, 2.75) is 62.2 Å². The highest BCUT2D eigenvalue weighted by Crippen LogP contribution is 2.46. The summed E-state index contributed by atoms with van der Waals surface area (Å²) >= 11 is 1.92. The highest BCUT2D eigenvalue weighted by atomic mass is 35.5. The van der Waals surface area contributed by atoms with Gasteiger partial charge in [-0.2, -0.15) is 0 Å². The van der Waals surface area contributed by atoms with Gasteiger partial charge in [-0.15, -0.1) is 24.2 Å². The number of ether oxygens (including phenoxy) is 1. The zero-order valence-corrected chi connectivity index (χ0v) is 17.3. The molecule has 0 saturated heterocycles. The average molecular weight is 412 g/mol. The summed E-state index contributed by atoms with van der Waals surface area (Å²) < 4.78 is 5.95. The Labute approximate surface area is 172 Å². The van der Waals surface area contributed by atoms with Crippen LogP contribution in [-0.4, -0.2) is 46.4 Å². The number of nitrogens with one attached hydrogen (secondary N) is 1. The average Bonchev–Trinajstić information content (AvgIpc) is 3.19. The van der Waals surface area contributed by atoms with Gasteiger partial charge >= 0.3 is 0 Å². The van der Waals surface area contributed by atoms with E-state index in [9.17, 15) is 10.2 Å². The number of rotatable bonds is 5. The number of aliphatic hydroxyl groups excluding tert-OH is 2. The van der Waals surface area contributed by atoms with Gasteiger partial charge in [0.25, 0.3) is 0 Å². The molecule has 2 fully saturated rings. The van der Waals surface area contributed by atoms with E-state index in [1.165, 1.54) is 11.3 Å². The molecule has 7 atom stereocenters. The maximum absolute atomic E-state index is 10.8. The van der Waals surface area contributed by atoms with Crippen LogP contribution in [0.25, 0.3) is 0 Å². The number of hydrogen-bond acceptors (Lipinski definition) is 5. The Bertz CT molecular complexity index is 644. The van der Waals surface area contributed by atoms with Crippen molar-refractivity contribution in [2.24, 2.45) is 11.8 Å². The Hall–Kier alpha value is -0.720. The number of para-hydroxylation sites is 1. The number of aliphatic hydroxyl groups is 2. The molecule has 4 nitrogen and oxygen atoms in total. The molecule has 3 aliphatic rings. The van der Waals surface area contributed by atoms with E-state index in [-0.39, 0.29) is 36.6 Å². The standard InChI is InChI=1S/C21H29NO3S.ClH/c1-13-11-16-19(26-13)10-7-14(20(16)23)12-22-17-8-9-18(21(17)24)25-15-5-3-2-4-6-15;/h2-6,11,14,16-24H,7-10,12H2,1H3;1H. The SMILES string of the molecule is CC1=CC2C(CCC(CNC3CCC(Oc4ccccc4)C3O)C2O)S1.Cl. The lowest BCUT2D eigenvalue weighted by molar-refractivity contribution is 0.0266. The topological polar surface area (TPSA) is 61.7 Å². The van der Waals surface area contributed by atoms with Crippen molar-refractivity contribution in [3.8, 4) is 5.75 Å². The number of allylic oxidation sites excluding steroid dienone is 1. The fourth-order valence-corrected chi connectivity index (χ4v) is 6.03. The molecule has 1 aliphatic heterocycles. The number of benzene rings is 1. The quantitative estimate of drug-likeness (QED) is 0.693. The molecule has 2 saturated carbocycles. The van der Waals surface area contributed by atoms with Crippen molar-refractivity contribution in [1.82, 2.24) is 5.32 Å². The normalized spacial score (nSPS) is 38.0. The summed E-state index contributed by atoms with van der Waals surface area (Å²) in [7, 11) is 0. The van der Waals surface area contributed by atoms with Crippen molar-refractivity contribution in [3.05, 3.63) is 41.3 Å². The van der Waals surface area contributed by atoms with E-state index in [4.69, 9.17) is 4.74 Å². The van der Waals surface area contributed by atoms with Crippen molar-refractivity contribution >= 4 is 24.2 Å². The van der Waals surface area contributed by atoms with Crippen molar-refractivity contribution in [3.63, 3.8) is 0 Å². The largest absolute Gasteiger partial charge is 0.488 e. The van der Waals surface area contributed by atoms with Crippen LogP contribution in [-0.2, 0) is 0 Å². The summed E-state index contributed by atoms with van der Waals surface area (Å²) in [6.07, 6.45) is 5.28. The second-order valence-corrected chi connectivity index (χ2v) is 9.38. The molecule has 0 amide bonds. The summed E-state index contributed by atoms with van der Waals surface area (Å²) in [5, 5.41) is 25.5. The lowest BCUT2D eigenvalue weighted by atomic mass is 9.78. The fourth-order valence-electron chi connectivity index (χ4n) is 4.66. The zero-order chi connectivity index (χ0) is 18.1. The van der Waals surface area contributed by atoms with E-state index in [1.807, 2.05) is 42.1 Å². The smallest absolute Gasteiger partial charge is 0.126 e. The minimum Gasteiger partial charge on any atom is -0.488 e. The van der Waals surface area contributed by atoms with Crippen molar-refractivity contribution in [2.75, 3.05) is 6.54 Å². The monoisotopic (exact) mass is 411 g/mol. The zero-order valence-electron chi connectivity index (χ0n) is 15.7. The van der Waals surface area contributed by atoms with E-state index in [0.717, 1.165) is 31.6 Å². The minimum absolute atomic E-state index is 0. The molecule has 0 bridgehead atoms. The molecule has 0 spiro atoms. The summed E-state index contributed by atoms with van der Waals surface area (Å²) in [5.41, 5.74) is 0. The number of fused-ring (bicyclic) bond motifs is 1. The van der Waals surface area contributed by atoms with E-state index in [2.05, 4.69) is 18.3 Å². The van der Waals surface area contributed by atoms with E-state index >= 15 is 0 Å². The lowest BCUT2D eigenvalue weighted by Crippen LogP contribution is -2.47. The number of thioether (sulfide) groups is 1. The third-order valence-electron chi connectivity index (χ3n) is 6.12. The third kappa shape index (κ3) is 4.65. The van der Waals surface area contributed by atoms with Crippen LogP contribution in [0.3, 0.4) is 0 Å². The summed E-state index contributed by atoms with van der Waals surface area (Å²) in [6, 6.07) is 9.75. The summed E-state index contributed by atoms with van der Waals surface area (Å²) in [4.78, 5) is 1.35. The molecule has 150 valence electrons. The highest BCUT2D eigenvalue weighted by molar-refractivity contribution is 8.03. The summed E-state index contributed by atoms with van der Waals surface area (Å²) in [6.45, 7) is 2.91. The molecule has 7 unspecified atom stereocenters. The molecule has 3 N–H and O–H groups in total. The fraction of sp³-hybridized carbons (Fsp3) is 0.619. The molecule has 27 heavy (non-hydrogen) atoms. The Morgan fingerprint density at radius 1 is 1.07 bits per heavy atom. The van der Waals surface area contributed by atoms with E-state index in [0.29, 0.717) is 11.2 Å². The molecule has 4 rings (SSSR count). The minimum atomic E-state index is -0.507. The van der Waals surface area contributed by atoms with Gasteiger partial charge in [0.15, 0.2) is 0 Å². The maximum Gasteiger partial charge on any atom is 0.126 e. The molecule has 6 heteroatoms. The first-order valence-corrected chi connectivity index (χ1v) is 10.7. The first-order chi connectivity index (χ1) is 12.6. The second-order valence-electron chi connectivity index (χ2n) is 7.89. The molecular formula is C21H30ClNO3S. The van der Waals surface area contributed by atoms with Crippen molar-refractivity contribution < 1.29 is 14.9 Å². The van der Waals surface area contributed by atoms with Crippen LogP contribution in [0.2, 0.25) is 0 Å². The van der Waals surface area contributed by atoms with Crippen LogP contribution in [0.15, 0.2) is 41.3 Å². The molecule has 0 aromatic heterocycles. The predicted molar refractivity (Wildman–Crippen MR) is 112 cm³/mol. The van der Waals surface area contributed by atoms with Crippen LogP contribution in [0.5, 0.6) is 5.75 Å². The van der Waals surface area contributed by atoms with Gasteiger partial charge < -0.3 is 20.3 Å². The third-order valence-corrected chi connectivity index (χ3v) is 7.48. The Morgan fingerprint density at radius 2 is 1.85 bits per heavy atom. The molecule has 1 aromatic rings. The van der Waals surface area contributed by atoms with Gasteiger partial charge in [0.05, 0.1) is 6.10 Å². The summed E-state index contributed by atoms with van der Waals surface area (Å²) in [5.74, 6) is 1.37. The van der Waals surface area contributed by atoms with Gasteiger partial charge in [0.2, 0.25) is 0 Å². The predicted octanol–water partition coefficient (Wildman–Crippen LogP) is 3.38. The molecule has 1 aromatic carbocycles. The van der Waals surface area contributed by atoms with Gasteiger partial charge in [-0.3, -0.25) is 0 Å². The lowest BCUT2D eigenvalue weighted by Gasteiger charge is -2.37. The van der Waals surface area contributed by atoms with Crippen LogP contribution in [0, 0.1) is 11.8 Å². The number of hydrogen-bond donors (Lipinski definition) is 3. The maximum atomic E-state index is 10.8. The van der Waals surface area contributed by atoms with Gasteiger partial charge in [-0.05, 0) is 55.6 Å². The van der Waals surface area contributed by atoms with Gasteiger partial charge in [-0.25, -0.2) is 0 Å². The molecule has 2 aliphatic carbocycles. The molecule has 1 heterocycles. The van der Waals surface area contributed by atoms with Crippen LogP contribution < -0.4 is 10.1 Å². The Balaban J connectivity index is 0.00000210. The molecular weight excluding hydrogens is 382 g/mol. The van der Waals surface area contributed by atoms with Crippen molar-refractivity contribution in [1.29, 1.82) is 0 Å². The van der Waals surface area contributed by atoms with Crippen LogP contribution in [0.1, 0.15) is 32.6 Å². The first-order valence-electron chi connectivity index (χ1n) is 9.78. The van der Waals surface area contributed by atoms with Crippen LogP contribution in [0.4, 0.5) is 0 Å². The Kier molecular flexibility index (Phi) is 7.14. The highest BCUT2D eigenvalue weighted by Gasteiger charge is 2.42. The Morgan fingerprint density at radius 3 is 2.63 bits per heavy atom. The van der Waals surface area contributed by atoms with Gasteiger partial charge in [0.1, 0.15) is 18.0 Å². The number of halogens is 1. The van der Waals surface area contributed by atoms with Gasteiger partial charge in [-0.1, -0.05) is 24.3 Å². The second kappa shape index (κ2) is 9.19. The van der Waals surface area contributed by atoms with E-state index in [1.54, 1.807) is 0 Å². The molecule has 0 radical (unpaired) electrons. The first kappa shape index (κ1) is 21.0. The van der Waals surface area contributed by atoms with Crippen LogP contribution >= 0.6 is 24.2 Å². The van der Waals surface area contributed by atoms with Gasteiger partial charge in [0, 0.05) is 23.8 Å².